The summed E-state index contributed by atoms with van der Waals surface area (Å²) >= 11 is 3.25. The van der Waals surface area contributed by atoms with Gasteiger partial charge in [0.2, 0.25) is 0 Å². The number of hydrogen-bond acceptors (Lipinski definition) is 3. The predicted octanol–water partition coefficient (Wildman–Crippen LogP) is 0.943. The Hall–Kier alpha value is -0.650. The summed E-state index contributed by atoms with van der Waals surface area (Å²) in [6, 6.07) is 3.65. The lowest BCUT2D eigenvalue weighted by atomic mass is 10.4. The van der Waals surface area contributed by atoms with E-state index in [9.17, 15) is 4.79 Å². The zero-order chi connectivity index (χ0) is 11.4. The molecule has 0 aliphatic carbocycles. The largest absolute Gasteiger partial charge is 0.379 e. The van der Waals surface area contributed by atoms with Gasteiger partial charge >= 0.3 is 0 Å². The monoisotopic (exact) mass is 286 g/mol. The van der Waals surface area contributed by atoms with E-state index in [0.29, 0.717) is 4.47 Å². The summed E-state index contributed by atoms with van der Waals surface area (Å²) in [5.74, 6) is 0. The highest BCUT2D eigenvalue weighted by Crippen LogP contribution is 2.01. The number of hydrogen-bond donors (Lipinski definition) is 0. The maximum absolute atomic E-state index is 11.7. The summed E-state index contributed by atoms with van der Waals surface area (Å²) in [6.45, 7) is 5.16. The Kier molecular flexibility index (Phi) is 4.15. The first-order chi connectivity index (χ1) is 7.77. The third-order valence-electron chi connectivity index (χ3n) is 2.73. The Morgan fingerprint density at radius 3 is 2.81 bits per heavy atom. The zero-order valence-electron chi connectivity index (χ0n) is 9.06. The maximum Gasteiger partial charge on any atom is 0.264 e. The molecule has 0 saturated carbocycles. The molecular formula is C11H15BrN2O2. The lowest BCUT2D eigenvalue weighted by Crippen LogP contribution is -2.39. The minimum Gasteiger partial charge on any atom is -0.379 e. The maximum atomic E-state index is 11.7. The summed E-state index contributed by atoms with van der Waals surface area (Å²) in [6.07, 6.45) is 1.83. The molecular weight excluding hydrogens is 272 g/mol. The van der Waals surface area contributed by atoms with E-state index in [-0.39, 0.29) is 5.56 Å². The molecule has 4 nitrogen and oxygen atoms in total. The highest BCUT2D eigenvalue weighted by atomic mass is 79.9. The van der Waals surface area contributed by atoms with Crippen LogP contribution in [0.5, 0.6) is 0 Å². The van der Waals surface area contributed by atoms with Crippen LogP contribution in [0.4, 0.5) is 0 Å². The van der Waals surface area contributed by atoms with Gasteiger partial charge in [0.15, 0.2) is 0 Å². The second-order valence-corrected chi connectivity index (χ2v) is 4.66. The number of morpholine rings is 1. The van der Waals surface area contributed by atoms with Crippen molar-refractivity contribution >= 4 is 15.9 Å². The molecule has 5 heteroatoms. The SMILES string of the molecule is O=c1c(Br)cccn1CCN1CCOCC1. The minimum atomic E-state index is 0.0377. The topological polar surface area (TPSA) is 34.5 Å². The second kappa shape index (κ2) is 5.61. The van der Waals surface area contributed by atoms with Crippen LogP contribution in [-0.2, 0) is 11.3 Å². The molecule has 1 aliphatic rings. The minimum absolute atomic E-state index is 0.0377. The molecule has 0 bridgehead atoms. The molecule has 0 unspecified atom stereocenters. The van der Waals surface area contributed by atoms with E-state index in [2.05, 4.69) is 20.8 Å². The molecule has 2 heterocycles. The van der Waals surface area contributed by atoms with Crippen molar-refractivity contribution in [2.75, 3.05) is 32.8 Å². The van der Waals surface area contributed by atoms with Crippen LogP contribution in [0, 0.1) is 0 Å². The van der Waals surface area contributed by atoms with E-state index >= 15 is 0 Å². The highest BCUT2D eigenvalue weighted by Gasteiger charge is 2.10. The van der Waals surface area contributed by atoms with Gasteiger partial charge in [-0.3, -0.25) is 9.69 Å². The van der Waals surface area contributed by atoms with Gasteiger partial charge in [-0.15, -0.1) is 0 Å². The van der Waals surface area contributed by atoms with Crippen molar-refractivity contribution in [2.45, 2.75) is 6.54 Å². The first-order valence-electron chi connectivity index (χ1n) is 5.42. The third kappa shape index (κ3) is 2.93. The van der Waals surface area contributed by atoms with E-state index in [1.807, 2.05) is 12.3 Å². The van der Waals surface area contributed by atoms with Crippen LogP contribution in [-0.4, -0.2) is 42.3 Å². The fourth-order valence-electron chi connectivity index (χ4n) is 1.76. The molecule has 1 aliphatic heterocycles. The van der Waals surface area contributed by atoms with E-state index in [1.54, 1.807) is 10.6 Å². The molecule has 2 rings (SSSR count). The van der Waals surface area contributed by atoms with Gasteiger partial charge in [0.25, 0.3) is 5.56 Å². The average Bonchev–Trinajstić information content (AvgIpc) is 2.32. The second-order valence-electron chi connectivity index (χ2n) is 3.81. The van der Waals surface area contributed by atoms with E-state index in [0.717, 1.165) is 39.4 Å². The molecule has 0 spiro atoms. The summed E-state index contributed by atoms with van der Waals surface area (Å²) in [7, 11) is 0. The molecule has 1 fully saturated rings. The molecule has 0 amide bonds. The molecule has 16 heavy (non-hydrogen) atoms. The lowest BCUT2D eigenvalue weighted by Gasteiger charge is -2.26. The van der Waals surface area contributed by atoms with Gasteiger partial charge in [-0.1, -0.05) is 0 Å². The lowest BCUT2D eigenvalue weighted by molar-refractivity contribution is 0.0363. The Balaban J connectivity index is 1.94. The molecule has 0 atom stereocenters. The van der Waals surface area contributed by atoms with Gasteiger partial charge in [0, 0.05) is 32.4 Å². The predicted molar refractivity (Wildman–Crippen MR) is 65.7 cm³/mol. The quantitative estimate of drug-likeness (QED) is 0.830. The summed E-state index contributed by atoms with van der Waals surface area (Å²) in [5.41, 5.74) is 0.0377. The van der Waals surface area contributed by atoms with Crippen LogP contribution >= 0.6 is 15.9 Å². The highest BCUT2D eigenvalue weighted by molar-refractivity contribution is 9.10. The van der Waals surface area contributed by atoms with Crippen LogP contribution < -0.4 is 5.56 Å². The molecule has 1 aromatic heterocycles. The van der Waals surface area contributed by atoms with Gasteiger partial charge in [-0.05, 0) is 28.1 Å². The Labute approximate surface area is 103 Å². The Bertz CT molecular complexity index is 399. The van der Waals surface area contributed by atoms with E-state index in [1.165, 1.54) is 0 Å². The van der Waals surface area contributed by atoms with Gasteiger partial charge < -0.3 is 9.30 Å². The summed E-state index contributed by atoms with van der Waals surface area (Å²) in [5, 5.41) is 0. The zero-order valence-corrected chi connectivity index (χ0v) is 10.6. The molecule has 0 radical (unpaired) electrons. The first kappa shape index (κ1) is 11.8. The average molecular weight is 287 g/mol. The van der Waals surface area contributed by atoms with Crippen LogP contribution in [0.2, 0.25) is 0 Å². The van der Waals surface area contributed by atoms with Crippen molar-refractivity contribution in [1.82, 2.24) is 9.47 Å². The standard InChI is InChI=1S/C11H15BrN2O2/c12-10-2-1-3-14(11(10)15)5-4-13-6-8-16-9-7-13/h1-3H,4-9H2. The number of pyridine rings is 1. The summed E-state index contributed by atoms with van der Waals surface area (Å²) < 4.78 is 7.63. The molecule has 88 valence electrons. The van der Waals surface area contributed by atoms with Crippen molar-refractivity contribution in [3.63, 3.8) is 0 Å². The van der Waals surface area contributed by atoms with Crippen molar-refractivity contribution in [3.8, 4) is 0 Å². The first-order valence-corrected chi connectivity index (χ1v) is 6.22. The Morgan fingerprint density at radius 1 is 1.31 bits per heavy atom. The van der Waals surface area contributed by atoms with Crippen molar-refractivity contribution in [2.24, 2.45) is 0 Å². The van der Waals surface area contributed by atoms with Crippen LogP contribution in [0.1, 0.15) is 0 Å². The van der Waals surface area contributed by atoms with Crippen molar-refractivity contribution < 1.29 is 4.74 Å². The third-order valence-corrected chi connectivity index (χ3v) is 3.34. The van der Waals surface area contributed by atoms with Gasteiger partial charge in [-0.25, -0.2) is 0 Å². The molecule has 0 aromatic carbocycles. The Morgan fingerprint density at radius 2 is 2.06 bits per heavy atom. The number of halogens is 1. The van der Waals surface area contributed by atoms with Crippen LogP contribution in [0.15, 0.2) is 27.6 Å². The van der Waals surface area contributed by atoms with Gasteiger partial charge in [0.1, 0.15) is 0 Å². The van der Waals surface area contributed by atoms with Crippen molar-refractivity contribution in [3.05, 3.63) is 33.2 Å². The molecule has 0 N–H and O–H groups in total. The van der Waals surface area contributed by atoms with Crippen LogP contribution in [0.25, 0.3) is 0 Å². The van der Waals surface area contributed by atoms with E-state index < -0.39 is 0 Å². The van der Waals surface area contributed by atoms with E-state index in [4.69, 9.17) is 4.74 Å². The van der Waals surface area contributed by atoms with Crippen LogP contribution in [0.3, 0.4) is 0 Å². The normalized spacial score (nSPS) is 17.6. The molecule has 1 saturated heterocycles. The number of nitrogens with zero attached hydrogens (tertiary/aromatic N) is 2. The number of rotatable bonds is 3. The fourth-order valence-corrected chi connectivity index (χ4v) is 2.14. The van der Waals surface area contributed by atoms with Gasteiger partial charge in [0.05, 0.1) is 17.7 Å². The molecule has 1 aromatic rings. The smallest absolute Gasteiger partial charge is 0.264 e. The fraction of sp³-hybridized carbons (Fsp3) is 0.545. The summed E-state index contributed by atoms with van der Waals surface area (Å²) in [4.78, 5) is 14.0. The van der Waals surface area contributed by atoms with Gasteiger partial charge in [-0.2, -0.15) is 0 Å². The number of aromatic nitrogens is 1. The van der Waals surface area contributed by atoms with Crippen molar-refractivity contribution in [1.29, 1.82) is 0 Å². The number of ether oxygens (including phenoxy) is 1.